The molecule has 1 heterocycles. The van der Waals surface area contributed by atoms with Crippen LogP contribution in [0.2, 0.25) is 0 Å². The monoisotopic (exact) mass is 343 g/mol. The molecule has 0 aliphatic rings. The Bertz CT molecular complexity index is 965. The summed E-state index contributed by atoms with van der Waals surface area (Å²) in [6.45, 7) is 3.65. The molecular formula is C17H17N3O3S. The standard InChI is InChI=1S/C17H17N3O3S/c1-17(2,20-24(22)23)12-9-7-11(8-10-12)15-13-5-3-4-6-14(13)16(21)19-18-15/h3-10,20H,1-2H3,(H,19,21)(H,22,23). The highest BCUT2D eigenvalue weighted by Crippen LogP contribution is 2.27. The average Bonchev–Trinajstić information content (AvgIpc) is 2.54. The Labute approximate surface area is 141 Å². The molecular weight excluding hydrogens is 326 g/mol. The topological polar surface area (TPSA) is 95.1 Å². The lowest BCUT2D eigenvalue weighted by Crippen LogP contribution is -2.37. The number of aromatic amines is 1. The van der Waals surface area contributed by atoms with E-state index in [1.807, 2.05) is 56.3 Å². The van der Waals surface area contributed by atoms with Crippen LogP contribution < -0.4 is 10.3 Å². The summed E-state index contributed by atoms with van der Waals surface area (Å²) in [5.74, 6) is 0. The van der Waals surface area contributed by atoms with Gasteiger partial charge < -0.3 is 0 Å². The van der Waals surface area contributed by atoms with Gasteiger partial charge in [0, 0.05) is 10.9 Å². The number of hydrogen-bond donors (Lipinski definition) is 3. The number of benzene rings is 2. The van der Waals surface area contributed by atoms with E-state index in [9.17, 15) is 9.00 Å². The summed E-state index contributed by atoms with van der Waals surface area (Å²) in [6.07, 6.45) is 0. The van der Waals surface area contributed by atoms with Crippen LogP contribution in [0.3, 0.4) is 0 Å². The van der Waals surface area contributed by atoms with Crippen LogP contribution in [0.4, 0.5) is 0 Å². The molecule has 3 rings (SSSR count). The van der Waals surface area contributed by atoms with E-state index < -0.39 is 16.8 Å². The quantitative estimate of drug-likeness (QED) is 0.635. The molecule has 1 unspecified atom stereocenters. The van der Waals surface area contributed by atoms with E-state index in [-0.39, 0.29) is 5.56 Å². The van der Waals surface area contributed by atoms with Crippen LogP contribution in [0.25, 0.3) is 22.0 Å². The average molecular weight is 343 g/mol. The predicted octanol–water partition coefficient (Wildman–Crippen LogP) is 2.55. The molecule has 7 heteroatoms. The normalized spacial score (nSPS) is 13.1. The van der Waals surface area contributed by atoms with Crippen molar-refractivity contribution in [1.29, 1.82) is 0 Å². The van der Waals surface area contributed by atoms with Crippen LogP contribution in [-0.4, -0.2) is 19.0 Å². The highest BCUT2D eigenvalue weighted by molar-refractivity contribution is 7.77. The van der Waals surface area contributed by atoms with Gasteiger partial charge in [-0.3, -0.25) is 9.35 Å². The lowest BCUT2D eigenvalue weighted by atomic mass is 9.94. The van der Waals surface area contributed by atoms with Gasteiger partial charge >= 0.3 is 0 Å². The Morgan fingerprint density at radius 2 is 1.71 bits per heavy atom. The minimum Gasteiger partial charge on any atom is -0.294 e. The van der Waals surface area contributed by atoms with Crippen molar-refractivity contribution in [2.45, 2.75) is 19.4 Å². The Morgan fingerprint density at radius 1 is 1.08 bits per heavy atom. The lowest BCUT2D eigenvalue weighted by molar-refractivity contribution is 0.459. The molecule has 0 bridgehead atoms. The molecule has 0 saturated heterocycles. The maximum Gasteiger partial charge on any atom is 0.272 e. The van der Waals surface area contributed by atoms with Gasteiger partial charge in [0.15, 0.2) is 0 Å². The number of hydrogen-bond acceptors (Lipinski definition) is 3. The first-order chi connectivity index (χ1) is 11.4. The number of H-pyrrole nitrogens is 1. The first-order valence-corrected chi connectivity index (χ1v) is 8.46. The zero-order chi connectivity index (χ0) is 17.3. The molecule has 1 aromatic heterocycles. The van der Waals surface area contributed by atoms with Crippen molar-refractivity contribution in [2.24, 2.45) is 0 Å². The third-order valence-electron chi connectivity index (χ3n) is 3.92. The molecule has 3 aromatic rings. The molecule has 6 nitrogen and oxygen atoms in total. The van der Waals surface area contributed by atoms with Crippen LogP contribution in [0, 0.1) is 0 Å². The van der Waals surface area contributed by atoms with Crippen LogP contribution in [0.1, 0.15) is 19.4 Å². The number of rotatable bonds is 4. The predicted molar refractivity (Wildman–Crippen MR) is 94.7 cm³/mol. The number of aromatic nitrogens is 2. The van der Waals surface area contributed by atoms with Gasteiger partial charge in [-0.15, -0.1) is 0 Å². The van der Waals surface area contributed by atoms with Crippen LogP contribution in [-0.2, 0) is 16.8 Å². The van der Waals surface area contributed by atoms with Crippen molar-refractivity contribution in [1.82, 2.24) is 14.9 Å². The molecule has 2 aromatic carbocycles. The van der Waals surface area contributed by atoms with Crippen molar-refractivity contribution in [3.63, 3.8) is 0 Å². The minimum atomic E-state index is -2.10. The van der Waals surface area contributed by atoms with Gasteiger partial charge in [-0.1, -0.05) is 42.5 Å². The third kappa shape index (κ3) is 3.14. The maximum absolute atomic E-state index is 11.9. The summed E-state index contributed by atoms with van der Waals surface area (Å²) >= 11 is -2.10. The summed E-state index contributed by atoms with van der Waals surface area (Å²) in [7, 11) is 0. The van der Waals surface area contributed by atoms with E-state index in [2.05, 4.69) is 14.9 Å². The summed E-state index contributed by atoms with van der Waals surface area (Å²) < 4.78 is 22.7. The van der Waals surface area contributed by atoms with E-state index in [0.29, 0.717) is 11.1 Å². The SMILES string of the molecule is CC(C)(NS(=O)O)c1ccc(-c2n[nH]c(=O)c3ccccc23)cc1. The van der Waals surface area contributed by atoms with Gasteiger partial charge in [0.25, 0.3) is 5.56 Å². The zero-order valence-electron chi connectivity index (χ0n) is 13.2. The van der Waals surface area contributed by atoms with Crippen LogP contribution in [0.5, 0.6) is 0 Å². The molecule has 0 aliphatic heterocycles. The van der Waals surface area contributed by atoms with Crippen LogP contribution >= 0.6 is 0 Å². The molecule has 0 fully saturated rings. The maximum atomic E-state index is 11.9. The van der Waals surface area contributed by atoms with Gasteiger partial charge in [0.1, 0.15) is 0 Å². The molecule has 0 spiro atoms. The fraction of sp³-hybridized carbons (Fsp3) is 0.176. The number of nitrogens with zero attached hydrogens (tertiary/aromatic N) is 1. The minimum absolute atomic E-state index is 0.221. The van der Waals surface area contributed by atoms with Crippen molar-refractivity contribution >= 4 is 22.0 Å². The molecule has 0 amide bonds. The molecule has 0 saturated carbocycles. The zero-order valence-corrected chi connectivity index (χ0v) is 14.1. The van der Waals surface area contributed by atoms with Crippen molar-refractivity contribution in [2.75, 3.05) is 0 Å². The molecule has 3 N–H and O–H groups in total. The Hall–Kier alpha value is -2.35. The summed E-state index contributed by atoms with van der Waals surface area (Å²) in [5.41, 5.74) is 1.53. The van der Waals surface area contributed by atoms with Crippen molar-refractivity contribution in [3.05, 3.63) is 64.4 Å². The van der Waals surface area contributed by atoms with Crippen molar-refractivity contribution in [3.8, 4) is 11.3 Å². The van der Waals surface area contributed by atoms with Gasteiger partial charge in [-0.2, -0.15) is 5.10 Å². The van der Waals surface area contributed by atoms with Gasteiger partial charge in [0.2, 0.25) is 11.3 Å². The number of fused-ring (bicyclic) bond motifs is 1. The first-order valence-electron chi connectivity index (χ1n) is 7.35. The molecule has 124 valence electrons. The van der Waals surface area contributed by atoms with E-state index in [1.54, 1.807) is 6.07 Å². The van der Waals surface area contributed by atoms with Gasteiger partial charge in [-0.25, -0.2) is 14.0 Å². The second-order valence-electron chi connectivity index (χ2n) is 6.00. The Morgan fingerprint density at radius 3 is 2.33 bits per heavy atom. The number of nitrogens with one attached hydrogen (secondary N) is 2. The highest BCUT2D eigenvalue weighted by Gasteiger charge is 2.22. The molecule has 1 atom stereocenters. The Balaban J connectivity index is 2.05. The van der Waals surface area contributed by atoms with E-state index in [0.717, 1.165) is 16.5 Å². The van der Waals surface area contributed by atoms with E-state index in [4.69, 9.17) is 4.55 Å². The third-order valence-corrected chi connectivity index (χ3v) is 4.60. The molecule has 0 aliphatic carbocycles. The smallest absolute Gasteiger partial charge is 0.272 e. The fourth-order valence-electron chi connectivity index (χ4n) is 2.66. The van der Waals surface area contributed by atoms with Gasteiger partial charge in [0.05, 0.1) is 16.6 Å². The summed E-state index contributed by atoms with van der Waals surface area (Å²) in [4.78, 5) is 11.9. The summed E-state index contributed by atoms with van der Waals surface area (Å²) in [6, 6.07) is 14.8. The second-order valence-corrected chi connectivity index (χ2v) is 6.70. The van der Waals surface area contributed by atoms with Gasteiger partial charge in [-0.05, 0) is 25.5 Å². The lowest BCUT2D eigenvalue weighted by Gasteiger charge is -2.24. The molecule has 0 radical (unpaired) electrons. The van der Waals surface area contributed by atoms with E-state index in [1.165, 1.54) is 0 Å². The second kappa shape index (κ2) is 6.27. The summed E-state index contributed by atoms with van der Waals surface area (Å²) in [5, 5.41) is 8.06. The highest BCUT2D eigenvalue weighted by atomic mass is 32.2. The van der Waals surface area contributed by atoms with E-state index >= 15 is 0 Å². The molecule has 24 heavy (non-hydrogen) atoms. The van der Waals surface area contributed by atoms with Crippen LogP contribution in [0.15, 0.2) is 53.3 Å². The van der Waals surface area contributed by atoms with Crippen molar-refractivity contribution < 1.29 is 8.76 Å². The Kier molecular flexibility index (Phi) is 4.31. The fourth-order valence-corrected chi connectivity index (χ4v) is 3.21. The first kappa shape index (κ1) is 16.5. The largest absolute Gasteiger partial charge is 0.294 e.